The van der Waals surface area contributed by atoms with E-state index in [9.17, 15) is 9.59 Å². The van der Waals surface area contributed by atoms with Gasteiger partial charge in [0.1, 0.15) is 0 Å². The fraction of sp³-hybridized carbons (Fsp3) is 0.333. The van der Waals surface area contributed by atoms with Crippen LogP contribution in [0, 0.1) is 5.92 Å². The van der Waals surface area contributed by atoms with E-state index < -0.39 is 5.97 Å². The molecule has 2 N–H and O–H groups in total. The SMILES string of the molecule is CC(CCC(=O)O)CNC(=O)/C=C/c1ccc(Cl)cc1Cl. The zero-order chi connectivity index (χ0) is 15.8. The summed E-state index contributed by atoms with van der Waals surface area (Å²) in [5, 5.41) is 12.3. The van der Waals surface area contributed by atoms with Crippen molar-refractivity contribution in [3.8, 4) is 0 Å². The Morgan fingerprint density at radius 2 is 2.10 bits per heavy atom. The van der Waals surface area contributed by atoms with Gasteiger partial charge in [0.15, 0.2) is 0 Å². The molecule has 0 aliphatic heterocycles. The first-order chi connectivity index (χ1) is 9.88. The third-order valence-electron chi connectivity index (χ3n) is 2.85. The molecule has 0 heterocycles. The molecular formula is C15H17Cl2NO3. The maximum Gasteiger partial charge on any atom is 0.303 e. The number of hydrogen-bond acceptors (Lipinski definition) is 2. The molecule has 0 saturated heterocycles. The monoisotopic (exact) mass is 329 g/mol. The lowest BCUT2D eigenvalue weighted by molar-refractivity contribution is -0.137. The van der Waals surface area contributed by atoms with E-state index >= 15 is 0 Å². The molecule has 0 bridgehead atoms. The summed E-state index contributed by atoms with van der Waals surface area (Å²) < 4.78 is 0. The van der Waals surface area contributed by atoms with Gasteiger partial charge in [-0.05, 0) is 36.1 Å². The number of hydrogen-bond donors (Lipinski definition) is 2. The molecule has 1 amide bonds. The van der Waals surface area contributed by atoms with Gasteiger partial charge in [-0.3, -0.25) is 9.59 Å². The lowest BCUT2D eigenvalue weighted by Gasteiger charge is -2.09. The van der Waals surface area contributed by atoms with Crippen LogP contribution < -0.4 is 5.32 Å². The lowest BCUT2D eigenvalue weighted by Crippen LogP contribution is -2.26. The van der Waals surface area contributed by atoms with Crippen LogP contribution in [-0.4, -0.2) is 23.5 Å². The normalized spacial score (nSPS) is 12.3. The summed E-state index contributed by atoms with van der Waals surface area (Å²) in [4.78, 5) is 22.1. The second kappa shape index (κ2) is 8.70. The van der Waals surface area contributed by atoms with E-state index in [4.69, 9.17) is 28.3 Å². The van der Waals surface area contributed by atoms with Gasteiger partial charge in [-0.15, -0.1) is 0 Å². The Hall–Kier alpha value is -1.52. The van der Waals surface area contributed by atoms with Crippen molar-refractivity contribution < 1.29 is 14.7 Å². The number of benzene rings is 1. The minimum atomic E-state index is -0.828. The Labute approximate surface area is 133 Å². The van der Waals surface area contributed by atoms with Crippen LogP contribution in [0.5, 0.6) is 0 Å². The minimum Gasteiger partial charge on any atom is -0.481 e. The number of aliphatic carboxylic acids is 1. The molecule has 0 aliphatic rings. The number of carbonyl (C=O) groups excluding carboxylic acids is 1. The van der Waals surface area contributed by atoms with E-state index in [1.165, 1.54) is 6.08 Å². The van der Waals surface area contributed by atoms with E-state index in [0.29, 0.717) is 28.6 Å². The van der Waals surface area contributed by atoms with Crippen LogP contribution in [-0.2, 0) is 9.59 Å². The minimum absolute atomic E-state index is 0.104. The highest BCUT2D eigenvalue weighted by Gasteiger charge is 2.06. The van der Waals surface area contributed by atoms with Gasteiger partial charge in [0.25, 0.3) is 0 Å². The van der Waals surface area contributed by atoms with Crippen LogP contribution in [0.15, 0.2) is 24.3 Å². The average molecular weight is 330 g/mol. The molecule has 0 saturated carbocycles. The van der Waals surface area contributed by atoms with Gasteiger partial charge in [0.05, 0.1) is 0 Å². The summed E-state index contributed by atoms with van der Waals surface area (Å²) >= 11 is 11.8. The van der Waals surface area contributed by atoms with Crippen LogP contribution >= 0.6 is 23.2 Å². The fourth-order valence-corrected chi connectivity index (χ4v) is 2.08. The zero-order valence-corrected chi connectivity index (χ0v) is 13.1. The number of carboxylic acid groups (broad SMARTS) is 1. The standard InChI is InChI=1S/C15H17Cl2NO3/c1-10(2-7-15(20)21)9-18-14(19)6-4-11-3-5-12(16)8-13(11)17/h3-6,8,10H,2,7,9H2,1H3,(H,18,19)(H,20,21)/b6-4+. The number of halogens is 2. The molecule has 21 heavy (non-hydrogen) atoms. The summed E-state index contributed by atoms with van der Waals surface area (Å²) in [6.07, 6.45) is 3.63. The van der Waals surface area contributed by atoms with E-state index in [0.717, 1.165) is 0 Å². The summed E-state index contributed by atoms with van der Waals surface area (Å²) in [5.74, 6) is -0.966. The molecule has 4 nitrogen and oxygen atoms in total. The number of amides is 1. The fourth-order valence-electron chi connectivity index (χ4n) is 1.61. The summed E-state index contributed by atoms with van der Waals surface area (Å²) in [6.45, 7) is 2.33. The predicted octanol–water partition coefficient (Wildman–Crippen LogP) is 3.62. The van der Waals surface area contributed by atoms with Crippen molar-refractivity contribution in [2.45, 2.75) is 19.8 Å². The average Bonchev–Trinajstić information content (AvgIpc) is 2.41. The van der Waals surface area contributed by atoms with Gasteiger partial charge < -0.3 is 10.4 Å². The Morgan fingerprint density at radius 3 is 2.71 bits per heavy atom. The van der Waals surface area contributed by atoms with Gasteiger partial charge >= 0.3 is 5.97 Å². The molecule has 6 heteroatoms. The highest BCUT2D eigenvalue weighted by atomic mass is 35.5. The molecule has 1 atom stereocenters. The molecule has 114 valence electrons. The van der Waals surface area contributed by atoms with Gasteiger partial charge in [-0.25, -0.2) is 0 Å². The van der Waals surface area contributed by atoms with Crippen molar-refractivity contribution in [2.24, 2.45) is 5.92 Å². The van der Waals surface area contributed by atoms with Crippen LogP contribution in [0.4, 0.5) is 0 Å². The van der Waals surface area contributed by atoms with Gasteiger partial charge in [0, 0.05) is 29.1 Å². The maximum absolute atomic E-state index is 11.7. The van der Waals surface area contributed by atoms with Crippen molar-refractivity contribution in [3.63, 3.8) is 0 Å². The first kappa shape index (κ1) is 17.5. The zero-order valence-electron chi connectivity index (χ0n) is 11.6. The van der Waals surface area contributed by atoms with E-state index in [1.54, 1.807) is 24.3 Å². The van der Waals surface area contributed by atoms with Crippen LogP contribution in [0.3, 0.4) is 0 Å². The van der Waals surface area contributed by atoms with Crippen molar-refractivity contribution in [2.75, 3.05) is 6.54 Å². The molecule has 0 fully saturated rings. The first-order valence-electron chi connectivity index (χ1n) is 6.51. The Morgan fingerprint density at radius 1 is 1.38 bits per heavy atom. The van der Waals surface area contributed by atoms with Crippen LogP contribution in [0.1, 0.15) is 25.3 Å². The Bertz CT molecular complexity index is 544. The second-order valence-electron chi connectivity index (χ2n) is 4.78. The summed E-state index contributed by atoms with van der Waals surface area (Å²) in [7, 11) is 0. The third-order valence-corrected chi connectivity index (χ3v) is 3.41. The van der Waals surface area contributed by atoms with Crippen molar-refractivity contribution in [3.05, 3.63) is 39.9 Å². The highest BCUT2D eigenvalue weighted by Crippen LogP contribution is 2.21. The largest absolute Gasteiger partial charge is 0.481 e. The van der Waals surface area contributed by atoms with E-state index in [-0.39, 0.29) is 18.2 Å². The molecule has 0 aromatic heterocycles. The summed E-state index contributed by atoms with van der Waals surface area (Å²) in [6, 6.07) is 5.03. The first-order valence-corrected chi connectivity index (χ1v) is 7.27. The predicted molar refractivity (Wildman–Crippen MR) is 84.5 cm³/mol. The Balaban J connectivity index is 2.42. The molecule has 1 aromatic rings. The molecule has 1 unspecified atom stereocenters. The number of nitrogens with one attached hydrogen (secondary N) is 1. The van der Waals surface area contributed by atoms with Crippen molar-refractivity contribution >= 4 is 41.2 Å². The van der Waals surface area contributed by atoms with E-state index in [1.807, 2.05) is 6.92 Å². The molecule has 0 radical (unpaired) electrons. The van der Waals surface area contributed by atoms with Crippen LogP contribution in [0.2, 0.25) is 10.0 Å². The topological polar surface area (TPSA) is 66.4 Å². The lowest BCUT2D eigenvalue weighted by atomic mass is 10.1. The maximum atomic E-state index is 11.7. The molecule has 0 spiro atoms. The number of carboxylic acids is 1. The molecule has 0 aliphatic carbocycles. The number of carbonyl (C=O) groups is 2. The van der Waals surface area contributed by atoms with E-state index in [2.05, 4.69) is 5.32 Å². The van der Waals surface area contributed by atoms with Crippen molar-refractivity contribution in [1.29, 1.82) is 0 Å². The van der Waals surface area contributed by atoms with Gasteiger partial charge in [-0.2, -0.15) is 0 Å². The van der Waals surface area contributed by atoms with Gasteiger partial charge in [-0.1, -0.05) is 36.2 Å². The van der Waals surface area contributed by atoms with Crippen LogP contribution in [0.25, 0.3) is 6.08 Å². The second-order valence-corrected chi connectivity index (χ2v) is 5.63. The molecule has 1 aromatic carbocycles. The molecular weight excluding hydrogens is 313 g/mol. The van der Waals surface area contributed by atoms with Crippen molar-refractivity contribution in [1.82, 2.24) is 5.32 Å². The molecule has 1 rings (SSSR count). The quantitative estimate of drug-likeness (QED) is 0.751. The highest BCUT2D eigenvalue weighted by molar-refractivity contribution is 6.35. The number of rotatable bonds is 7. The van der Waals surface area contributed by atoms with Gasteiger partial charge in [0.2, 0.25) is 5.91 Å². The smallest absolute Gasteiger partial charge is 0.303 e. The summed E-state index contributed by atoms with van der Waals surface area (Å²) in [5.41, 5.74) is 0.704. The Kier molecular flexibility index (Phi) is 7.26. The third kappa shape index (κ3) is 7.16.